The van der Waals surface area contributed by atoms with Crippen LogP contribution in [0.1, 0.15) is 5.56 Å². The Labute approximate surface area is 138 Å². The number of nitrogens with one attached hydrogen (secondary N) is 2. The highest BCUT2D eigenvalue weighted by Gasteiger charge is 2.11. The Morgan fingerprint density at radius 2 is 2.09 bits per heavy atom. The van der Waals surface area contributed by atoms with Crippen molar-refractivity contribution >= 4 is 34.3 Å². The van der Waals surface area contributed by atoms with Gasteiger partial charge in [0, 0.05) is 26.9 Å². The second-order valence-electron chi connectivity index (χ2n) is 5.02. The molecule has 2 aromatic carbocycles. The number of rotatable bonds is 5. The number of halogens is 2. The number of aromatic amines is 1. The molecule has 1 aromatic heterocycles. The van der Waals surface area contributed by atoms with Crippen LogP contribution in [0.2, 0.25) is 5.02 Å². The van der Waals surface area contributed by atoms with Crippen LogP contribution in [0.5, 0.6) is 0 Å². The van der Waals surface area contributed by atoms with Crippen molar-refractivity contribution in [1.82, 2.24) is 10.3 Å². The summed E-state index contributed by atoms with van der Waals surface area (Å²) in [6, 6.07) is 10.7. The molecule has 0 amide bonds. The minimum Gasteiger partial charge on any atom is -0.360 e. The van der Waals surface area contributed by atoms with E-state index >= 15 is 0 Å². The summed E-state index contributed by atoms with van der Waals surface area (Å²) in [5, 5.41) is 4.84. The lowest BCUT2D eigenvalue weighted by Crippen LogP contribution is -2.10. The van der Waals surface area contributed by atoms with Crippen LogP contribution in [-0.4, -0.2) is 18.6 Å². The number of hydrogen-bond donors (Lipinski definition) is 2. The topological polar surface area (TPSA) is 27.8 Å². The molecule has 0 aliphatic carbocycles. The Bertz CT molecular complexity index is 800. The van der Waals surface area contributed by atoms with E-state index in [1.165, 1.54) is 6.07 Å². The van der Waals surface area contributed by atoms with E-state index in [1.807, 2.05) is 37.5 Å². The lowest BCUT2D eigenvalue weighted by molar-refractivity contribution is 0.622. The van der Waals surface area contributed by atoms with Crippen LogP contribution in [0, 0.1) is 5.82 Å². The van der Waals surface area contributed by atoms with Gasteiger partial charge in [0.05, 0.1) is 5.02 Å². The van der Waals surface area contributed by atoms with Gasteiger partial charge in [0.2, 0.25) is 0 Å². The van der Waals surface area contributed by atoms with E-state index in [-0.39, 0.29) is 5.82 Å². The zero-order valence-corrected chi connectivity index (χ0v) is 13.7. The van der Waals surface area contributed by atoms with Crippen LogP contribution in [0.25, 0.3) is 10.9 Å². The summed E-state index contributed by atoms with van der Waals surface area (Å²) >= 11 is 7.93. The normalized spacial score (nSPS) is 11.2. The molecule has 3 aromatic rings. The third kappa shape index (κ3) is 3.14. The molecule has 2 nitrogen and oxygen atoms in total. The third-order valence-electron chi connectivity index (χ3n) is 3.51. The van der Waals surface area contributed by atoms with Gasteiger partial charge in [0.1, 0.15) is 5.82 Å². The van der Waals surface area contributed by atoms with Crippen LogP contribution in [0.3, 0.4) is 0 Å². The van der Waals surface area contributed by atoms with Crippen LogP contribution in [0.15, 0.2) is 52.4 Å². The third-order valence-corrected chi connectivity index (χ3v) is 4.98. The first kappa shape index (κ1) is 15.4. The van der Waals surface area contributed by atoms with Crippen molar-refractivity contribution in [3.63, 3.8) is 0 Å². The summed E-state index contributed by atoms with van der Waals surface area (Å²) in [4.78, 5) is 5.34. The van der Waals surface area contributed by atoms with Gasteiger partial charge in [-0.3, -0.25) is 0 Å². The first-order chi connectivity index (χ1) is 10.7. The molecule has 3 rings (SSSR count). The Morgan fingerprint density at radius 3 is 2.91 bits per heavy atom. The molecule has 0 saturated heterocycles. The Kier molecular flexibility index (Phi) is 4.71. The SMILES string of the molecule is CNCCc1cc(F)ccc1Sc1c[nH]c2cccc(Cl)c12. The molecular weight excluding hydrogens is 319 g/mol. The Hall–Kier alpha value is -1.49. The van der Waals surface area contributed by atoms with Gasteiger partial charge in [-0.2, -0.15) is 0 Å². The number of benzene rings is 2. The summed E-state index contributed by atoms with van der Waals surface area (Å²) in [5.41, 5.74) is 2.01. The average Bonchev–Trinajstić information content (AvgIpc) is 2.92. The van der Waals surface area contributed by atoms with E-state index < -0.39 is 0 Å². The second kappa shape index (κ2) is 6.73. The van der Waals surface area contributed by atoms with Crippen molar-refractivity contribution in [3.8, 4) is 0 Å². The Balaban J connectivity index is 1.98. The maximum Gasteiger partial charge on any atom is 0.123 e. The van der Waals surface area contributed by atoms with E-state index in [2.05, 4.69) is 10.3 Å². The highest BCUT2D eigenvalue weighted by molar-refractivity contribution is 7.99. The molecule has 0 fully saturated rings. The predicted octanol–water partition coefficient (Wildman–Crippen LogP) is 4.87. The van der Waals surface area contributed by atoms with Crippen molar-refractivity contribution in [2.75, 3.05) is 13.6 Å². The first-order valence-electron chi connectivity index (χ1n) is 7.05. The van der Waals surface area contributed by atoms with Crippen LogP contribution >= 0.6 is 23.4 Å². The molecule has 0 radical (unpaired) electrons. The molecule has 0 aliphatic rings. The molecule has 0 unspecified atom stereocenters. The van der Waals surface area contributed by atoms with Gasteiger partial charge in [-0.25, -0.2) is 4.39 Å². The fraction of sp³-hybridized carbons (Fsp3) is 0.176. The molecule has 22 heavy (non-hydrogen) atoms. The first-order valence-corrected chi connectivity index (χ1v) is 8.25. The largest absolute Gasteiger partial charge is 0.360 e. The summed E-state index contributed by atoms with van der Waals surface area (Å²) in [5.74, 6) is -0.201. The summed E-state index contributed by atoms with van der Waals surface area (Å²) in [6.45, 7) is 0.811. The van der Waals surface area contributed by atoms with Gasteiger partial charge in [0.25, 0.3) is 0 Å². The van der Waals surface area contributed by atoms with Crippen molar-refractivity contribution in [2.24, 2.45) is 0 Å². The van der Waals surface area contributed by atoms with Gasteiger partial charge < -0.3 is 10.3 Å². The molecule has 0 spiro atoms. The molecule has 2 N–H and O–H groups in total. The van der Waals surface area contributed by atoms with Crippen LogP contribution < -0.4 is 5.32 Å². The molecule has 0 bridgehead atoms. The lowest BCUT2D eigenvalue weighted by atomic mass is 10.1. The maximum absolute atomic E-state index is 13.5. The summed E-state index contributed by atoms with van der Waals surface area (Å²) < 4.78 is 13.5. The minimum atomic E-state index is -0.201. The van der Waals surface area contributed by atoms with Gasteiger partial charge in [0.15, 0.2) is 0 Å². The quantitative estimate of drug-likeness (QED) is 0.696. The second-order valence-corrected chi connectivity index (χ2v) is 6.51. The fourth-order valence-corrected chi connectivity index (χ4v) is 3.85. The lowest BCUT2D eigenvalue weighted by Gasteiger charge is -2.09. The van der Waals surface area contributed by atoms with E-state index in [4.69, 9.17) is 11.6 Å². The van der Waals surface area contributed by atoms with Crippen LogP contribution in [-0.2, 0) is 6.42 Å². The summed E-state index contributed by atoms with van der Waals surface area (Å²) in [7, 11) is 1.89. The number of hydrogen-bond acceptors (Lipinski definition) is 2. The molecular formula is C17H16ClFN2S. The van der Waals surface area contributed by atoms with Gasteiger partial charge in [-0.05, 0) is 55.9 Å². The molecule has 114 valence electrons. The average molecular weight is 335 g/mol. The van der Waals surface area contributed by atoms with E-state index in [9.17, 15) is 4.39 Å². The Morgan fingerprint density at radius 1 is 1.23 bits per heavy atom. The number of likely N-dealkylation sites (N-methyl/N-ethyl adjacent to an activating group) is 1. The maximum atomic E-state index is 13.5. The zero-order chi connectivity index (χ0) is 15.5. The number of H-pyrrole nitrogens is 1. The fourth-order valence-electron chi connectivity index (χ4n) is 2.41. The standard InChI is InChI=1S/C17H16ClFN2S/c1-20-8-7-11-9-12(19)5-6-15(11)22-16-10-21-14-4-2-3-13(18)17(14)16/h2-6,9-10,20-21H,7-8H2,1H3. The predicted molar refractivity (Wildman–Crippen MR) is 91.5 cm³/mol. The smallest absolute Gasteiger partial charge is 0.123 e. The molecule has 0 saturated carbocycles. The van der Waals surface area contributed by atoms with Gasteiger partial charge in [-0.15, -0.1) is 0 Å². The molecule has 0 atom stereocenters. The monoisotopic (exact) mass is 334 g/mol. The zero-order valence-electron chi connectivity index (χ0n) is 12.1. The highest BCUT2D eigenvalue weighted by atomic mass is 35.5. The van der Waals surface area contributed by atoms with E-state index in [0.29, 0.717) is 0 Å². The number of fused-ring (bicyclic) bond motifs is 1. The molecule has 0 aliphatic heterocycles. The molecule has 5 heteroatoms. The van der Waals surface area contributed by atoms with E-state index in [1.54, 1.807) is 17.8 Å². The van der Waals surface area contributed by atoms with Crippen LogP contribution in [0.4, 0.5) is 4.39 Å². The van der Waals surface area contributed by atoms with Crippen molar-refractivity contribution in [1.29, 1.82) is 0 Å². The van der Waals surface area contributed by atoms with Gasteiger partial charge >= 0.3 is 0 Å². The highest BCUT2D eigenvalue weighted by Crippen LogP contribution is 2.38. The van der Waals surface area contributed by atoms with Crippen molar-refractivity contribution < 1.29 is 4.39 Å². The minimum absolute atomic E-state index is 0.201. The summed E-state index contributed by atoms with van der Waals surface area (Å²) in [6.07, 6.45) is 2.74. The van der Waals surface area contributed by atoms with Crippen molar-refractivity contribution in [2.45, 2.75) is 16.2 Å². The number of aromatic nitrogens is 1. The van der Waals surface area contributed by atoms with E-state index in [0.717, 1.165) is 44.2 Å². The van der Waals surface area contributed by atoms with Gasteiger partial charge in [-0.1, -0.05) is 29.4 Å². The molecule has 1 heterocycles. The van der Waals surface area contributed by atoms with Crippen molar-refractivity contribution in [3.05, 3.63) is 59.0 Å².